The van der Waals surface area contributed by atoms with E-state index in [1.165, 1.54) is 4.80 Å². The van der Waals surface area contributed by atoms with Crippen LogP contribution in [0.3, 0.4) is 0 Å². The van der Waals surface area contributed by atoms with E-state index in [-0.39, 0.29) is 0 Å². The van der Waals surface area contributed by atoms with E-state index < -0.39 is 24.0 Å². The minimum Gasteiger partial charge on any atom is -0.493 e. The van der Waals surface area contributed by atoms with Crippen LogP contribution < -0.4 is 10.1 Å². The van der Waals surface area contributed by atoms with Crippen LogP contribution in [0, 0.1) is 0 Å². The number of amides is 1. The molecule has 0 aliphatic carbocycles. The maximum Gasteiger partial charge on any atom is 0.330 e. The Morgan fingerprint density at radius 3 is 2.76 bits per heavy atom. The Morgan fingerprint density at radius 1 is 1.21 bits per heavy atom. The molecule has 2 heterocycles. The molecule has 9 nitrogen and oxygen atoms in total. The molecular formula is C20H19N5O4. The fourth-order valence-electron chi connectivity index (χ4n) is 3.13. The number of aromatic nitrogens is 4. The van der Waals surface area contributed by atoms with E-state index in [4.69, 9.17) is 4.74 Å². The number of hydrogen-bond donors (Lipinski definition) is 2. The molecule has 4 rings (SSSR count). The lowest BCUT2D eigenvalue weighted by Gasteiger charge is -2.18. The number of nitrogens with zero attached hydrogens (tertiary/aromatic N) is 4. The van der Waals surface area contributed by atoms with E-state index in [2.05, 4.69) is 20.7 Å². The number of carbonyl (C=O) groups excluding carboxylic acids is 1. The van der Waals surface area contributed by atoms with Gasteiger partial charge in [0.15, 0.2) is 6.04 Å². The first kappa shape index (κ1) is 18.6. The highest BCUT2D eigenvalue weighted by Crippen LogP contribution is 2.28. The van der Waals surface area contributed by atoms with Gasteiger partial charge in [-0.15, -0.1) is 10.2 Å². The van der Waals surface area contributed by atoms with Crippen LogP contribution >= 0.6 is 0 Å². The summed E-state index contributed by atoms with van der Waals surface area (Å²) in [5.74, 6) is -0.538. The second-order valence-corrected chi connectivity index (χ2v) is 6.72. The maximum atomic E-state index is 12.7. The number of ether oxygens (including phenoxy) is 1. The Hall–Kier alpha value is -3.75. The molecule has 1 aliphatic heterocycles. The average molecular weight is 393 g/mol. The minimum absolute atomic E-state index is 0.388. The van der Waals surface area contributed by atoms with E-state index in [1.807, 2.05) is 30.3 Å². The van der Waals surface area contributed by atoms with Crippen molar-refractivity contribution < 1.29 is 19.4 Å². The molecular weight excluding hydrogens is 374 g/mol. The number of nitrogens with one attached hydrogen (secondary N) is 1. The largest absolute Gasteiger partial charge is 0.493 e. The monoisotopic (exact) mass is 393 g/mol. The zero-order chi connectivity index (χ0) is 20.4. The molecule has 0 spiro atoms. The smallest absolute Gasteiger partial charge is 0.330 e. The summed E-state index contributed by atoms with van der Waals surface area (Å²) in [5, 5.41) is 24.3. The summed E-state index contributed by atoms with van der Waals surface area (Å²) < 4.78 is 5.45. The van der Waals surface area contributed by atoms with E-state index in [0.29, 0.717) is 24.4 Å². The highest BCUT2D eigenvalue weighted by molar-refractivity contribution is 5.86. The van der Waals surface area contributed by atoms with Crippen molar-refractivity contribution in [1.29, 1.82) is 0 Å². The molecule has 2 unspecified atom stereocenters. The third kappa shape index (κ3) is 3.79. The molecule has 0 saturated carbocycles. The molecule has 0 fully saturated rings. The molecule has 0 radical (unpaired) electrons. The Balaban J connectivity index is 1.51. The van der Waals surface area contributed by atoms with Crippen LogP contribution in [-0.2, 0) is 16.0 Å². The molecule has 1 amide bonds. The van der Waals surface area contributed by atoms with Gasteiger partial charge in [-0.3, -0.25) is 4.79 Å². The molecule has 0 bridgehead atoms. The van der Waals surface area contributed by atoms with Crippen LogP contribution in [0.4, 0.5) is 0 Å². The number of carbonyl (C=O) groups is 2. The van der Waals surface area contributed by atoms with Gasteiger partial charge in [0.25, 0.3) is 0 Å². The number of tetrazole rings is 1. The van der Waals surface area contributed by atoms with Gasteiger partial charge in [-0.1, -0.05) is 36.4 Å². The predicted octanol–water partition coefficient (Wildman–Crippen LogP) is 1.78. The predicted molar refractivity (Wildman–Crippen MR) is 102 cm³/mol. The lowest BCUT2D eigenvalue weighted by atomic mass is 10.0. The third-order valence-corrected chi connectivity index (χ3v) is 4.77. The van der Waals surface area contributed by atoms with Crippen LogP contribution in [0.15, 0.2) is 48.5 Å². The quantitative estimate of drug-likeness (QED) is 0.655. The van der Waals surface area contributed by atoms with Gasteiger partial charge in [0.2, 0.25) is 11.7 Å². The zero-order valence-electron chi connectivity index (χ0n) is 15.6. The molecule has 0 saturated heterocycles. The van der Waals surface area contributed by atoms with Gasteiger partial charge in [-0.05, 0) is 35.4 Å². The summed E-state index contributed by atoms with van der Waals surface area (Å²) >= 11 is 0. The van der Waals surface area contributed by atoms with Gasteiger partial charge >= 0.3 is 5.97 Å². The van der Waals surface area contributed by atoms with Gasteiger partial charge in [0.05, 0.1) is 6.61 Å². The second kappa shape index (κ2) is 7.70. The number of rotatable bonds is 6. The summed E-state index contributed by atoms with van der Waals surface area (Å²) in [6.07, 6.45) is 0.713. The third-order valence-electron chi connectivity index (χ3n) is 4.77. The van der Waals surface area contributed by atoms with Crippen molar-refractivity contribution in [2.24, 2.45) is 0 Å². The molecule has 2 atom stereocenters. The van der Waals surface area contributed by atoms with Crippen molar-refractivity contribution in [1.82, 2.24) is 25.5 Å². The molecule has 29 heavy (non-hydrogen) atoms. The summed E-state index contributed by atoms with van der Waals surface area (Å²) in [6, 6.07) is 12.4. The summed E-state index contributed by atoms with van der Waals surface area (Å²) in [6.45, 7) is 2.16. The highest BCUT2D eigenvalue weighted by Gasteiger charge is 2.28. The van der Waals surface area contributed by atoms with Crippen LogP contribution in [0.2, 0.25) is 0 Å². The highest BCUT2D eigenvalue weighted by atomic mass is 16.5. The second-order valence-electron chi connectivity index (χ2n) is 6.72. The number of fused-ring (bicyclic) bond motifs is 1. The fourth-order valence-corrected chi connectivity index (χ4v) is 3.13. The van der Waals surface area contributed by atoms with Crippen molar-refractivity contribution in [3.05, 3.63) is 59.7 Å². The van der Waals surface area contributed by atoms with Crippen molar-refractivity contribution in [2.75, 3.05) is 6.61 Å². The minimum atomic E-state index is -1.19. The zero-order valence-corrected chi connectivity index (χ0v) is 15.6. The topological polar surface area (TPSA) is 119 Å². The molecule has 1 aromatic heterocycles. The Morgan fingerprint density at radius 2 is 2.00 bits per heavy atom. The normalized spacial score (nSPS) is 14.5. The van der Waals surface area contributed by atoms with Crippen molar-refractivity contribution in [3.8, 4) is 17.1 Å². The first-order chi connectivity index (χ1) is 14.0. The van der Waals surface area contributed by atoms with Gasteiger partial charge in [0.1, 0.15) is 11.8 Å². The maximum absolute atomic E-state index is 12.7. The Bertz CT molecular complexity index is 1050. The van der Waals surface area contributed by atoms with Crippen molar-refractivity contribution in [2.45, 2.75) is 25.4 Å². The van der Waals surface area contributed by atoms with Crippen LogP contribution in [0.5, 0.6) is 5.75 Å². The average Bonchev–Trinajstić information content (AvgIpc) is 3.40. The van der Waals surface area contributed by atoms with Gasteiger partial charge in [-0.25, -0.2) is 4.79 Å². The van der Waals surface area contributed by atoms with E-state index in [9.17, 15) is 14.7 Å². The first-order valence-electron chi connectivity index (χ1n) is 9.16. The SMILES string of the molecule is CC(C(=O)NC(C(=O)O)c1ccc2c(c1)CCO2)n1nnc(-c2ccccc2)n1. The lowest BCUT2D eigenvalue weighted by molar-refractivity contribution is -0.142. The molecule has 2 aromatic carbocycles. The van der Waals surface area contributed by atoms with Gasteiger partial charge < -0.3 is 15.2 Å². The lowest BCUT2D eigenvalue weighted by Crippen LogP contribution is -2.38. The number of hydrogen-bond acceptors (Lipinski definition) is 6. The van der Waals surface area contributed by atoms with Crippen LogP contribution in [0.1, 0.15) is 30.1 Å². The van der Waals surface area contributed by atoms with Gasteiger partial charge in [0, 0.05) is 12.0 Å². The number of aliphatic carboxylic acids is 1. The first-order valence-corrected chi connectivity index (χ1v) is 9.16. The van der Waals surface area contributed by atoms with Crippen LogP contribution in [-0.4, -0.2) is 43.8 Å². The summed E-state index contributed by atoms with van der Waals surface area (Å²) in [4.78, 5) is 25.6. The Labute approximate surface area is 166 Å². The van der Waals surface area contributed by atoms with E-state index >= 15 is 0 Å². The number of carboxylic acids is 1. The molecule has 148 valence electrons. The molecule has 2 N–H and O–H groups in total. The summed E-state index contributed by atoms with van der Waals surface area (Å²) in [7, 11) is 0. The summed E-state index contributed by atoms with van der Waals surface area (Å²) in [5.41, 5.74) is 2.19. The fraction of sp³-hybridized carbons (Fsp3) is 0.250. The van der Waals surface area contributed by atoms with Crippen molar-refractivity contribution >= 4 is 11.9 Å². The standard InChI is InChI=1S/C20H19N5O4/c1-12(25-23-18(22-24-25)13-5-3-2-4-6-13)19(26)21-17(20(27)28)15-7-8-16-14(11-15)9-10-29-16/h2-8,11-12,17H,9-10H2,1H3,(H,21,26)(H,27,28). The molecule has 9 heteroatoms. The van der Waals surface area contributed by atoms with E-state index in [1.54, 1.807) is 25.1 Å². The van der Waals surface area contributed by atoms with Gasteiger partial charge in [-0.2, -0.15) is 4.80 Å². The number of carboxylic acid groups (broad SMARTS) is 1. The van der Waals surface area contributed by atoms with Crippen molar-refractivity contribution in [3.63, 3.8) is 0 Å². The Kier molecular flexibility index (Phi) is 4.94. The van der Waals surface area contributed by atoms with E-state index in [0.717, 1.165) is 16.9 Å². The molecule has 3 aromatic rings. The van der Waals surface area contributed by atoms with Crippen LogP contribution in [0.25, 0.3) is 11.4 Å². The molecule has 1 aliphatic rings. The number of benzene rings is 2.